The molecule has 1 aliphatic heterocycles. The third-order valence-electron chi connectivity index (χ3n) is 5.76. The van der Waals surface area contributed by atoms with E-state index in [2.05, 4.69) is 10.3 Å². The summed E-state index contributed by atoms with van der Waals surface area (Å²) in [6.45, 7) is 4.08. The number of nitrogens with one attached hydrogen (secondary N) is 1. The fourth-order valence-corrected chi connectivity index (χ4v) is 6.06. The molecule has 13 heteroatoms. The Hall–Kier alpha value is -4.33. The Balaban J connectivity index is 1.39. The number of carbonyl (C=O) groups is 1. The molecule has 0 bridgehead atoms. The zero-order chi connectivity index (χ0) is 27.7. The average Bonchev–Trinajstić information content (AvgIpc) is 3.30. The summed E-state index contributed by atoms with van der Waals surface area (Å²) in [5, 5.41) is 25.6. The van der Waals surface area contributed by atoms with Crippen molar-refractivity contribution in [2.75, 3.05) is 11.9 Å². The van der Waals surface area contributed by atoms with Crippen molar-refractivity contribution >= 4 is 56.2 Å². The van der Waals surface area contributed by atoms with Crippen LogP contribution in [0.2, 0.25) is 0 Å². The summed E-state index contributed by atoms with van der Waals surface area (Å²) in [4.78, 5) is 39.2. The van der Waals surface area contributed by atoms with Gasteiger partial charge in [-0.15, -0.1) is 11.3 Å². The van der Waals surface area contributed by atoms with E-state index in [0.29, 0.717) is 39.0 Å². The molecule has 1 aromatic heterocycles. The van der Waals surface area contributed by atoms with Gasteiger partial charge in [-0.3, -0.25) is 25.0 Å². The first kappa shape index (κ1) is 26.3. The van der Waals surface area contributed by atoms with Gasteiger partial charge in [-0.05, 0) is 50.2 Å². The summed E-state index contributed by atoms with van der Waals surface area (Å²) in [5.74, 6) is 0.290. The van der Waals surface area contributed by atoms with E-state index >= 15 is 0 Å². The minimum absolute atomic E-state index is 0.187. The molecule has 0 fully saturated rings. The van der Waals surface area contributed by atoms with Crippen molar-refractivity contribution in [2.45, 2.75) is 29.4 Å². The van der Waals surface area contributed by atoms with Crippen molar-refractivity contribution in [3.8, 4) is 5.75 Å². The van der Waals surface area contributed by atoms with Crippen molar-refractivity contribution in [1.29, 1.82) is 0 Å². The lowest BCUT2D eigenvalue weighted by molar-refractivity contribution is -0.396. The largest absolute Gasteiger partial charge is 0.460 e. The van der Waals surface area contributed by atoms with Crippen LogP contribution in [-0.4, -0.2) is 33.5 Å². The first-order valence-electron chi connectivity index (χ1n) is 11.6. The van der Waals surface area contributed by atoms with Crippen LogP contribution in [0.1, 0.15) is 22.8 Å². The number of anilines is 1. The molecule has 0 saturated heterocycles. The number of ketones is 1. The molecule has 0 spiro atoms. The number of non-ortho nitro benzene ring substituents is 1. The van der Waals surface area contributed by atoms with Gasteiger partial charge in [0.15, 0.2) is 10.1 Å². The predicted molar refractivity (Wildman–Crippen MR) is 147 cm³/mol. The standard InChI is InChI=1S/C26H20N4O7S2/c1-3-36-25-18(24(31)17-10-14(2)4-8-21(17)37-25)13-27-15-5-7-19-23(11-15)39-26(28-19)38-22-9-6-16(29(32)33)12-20(22)30(34)35/h4-13,25,27H,3H2,1-2H3/b18-13-/t25-/m0/s1. The Morgan fingerprint density at radius 3 is 2.69 bits per heavy atom. The third kappa shape index (κ3) is 5.46. The second-order valence-electron chi connectivity index (χ2n) is 8.41. The van der Waals surface area contributed by atoms with Crippen LogP contribution in [0.4, 0.5) is 17.1 Å². The van der Waals surface area contributed by atoms with E-state index < -0.39 is 16.1 Å². The van der Waals surface area contributed by atoms with Gasteiger partial charge in [0.05, 0.1) is 42.2 Å². The molecule has 0 saturated carbocycles. The molecule has 1 aliphatic rings. The maximum absolute atomic E-state index is 13.2. The van der Waals surface area contributed by atoms with Crippen molar-refractivity contribution in [3.05, 3.63) is 97.7 Å². The van der Waals surface area contributed by atoms with Crippen LogP contribution in [-0.2, 0) is 4.74 Å². The first-order valence-corrected chi connectivity index (χ1v) is 13.3. The van der Waals surface area contributed by atoms with Crippen LogP contribution in [0.25, 0.3) is 10.2 Å². The van der Waals surface area contributed by atoms with Crippen LogP contribution in [0.5, 0.6) is 5.75 Å². The number of nitrogens with zero attached hydrogens (tertiary/aromatic N) is 3. The molecule has 0 aliphatic carbocycles. The molecule has 39 heavy (non-hydrogen) atoms. The number of hydrogen-bond donors (Lipinski definition) is 1. The Morgan fingerprint density at radius 1 is 1.13 bits per heavy atom. The monoisotopic (exact) mass is 564 g/mol. The number of ether oxygens (including phenoxy) is 2. The highest BCUT2D eigenvalue weighted by Crippen LogP contribution is 2.40. The minimum atomic E-state index is -0.849. The van der Waals surface area contributed by atoms with E-state index in [-0.39, 0.29) is 22.1 Å². The Morgan fingerprint density at radius 2 is 1.95 bits per heavy atom. The molecule has 11 nitrogen and oxygen atoms in total. The molecule has 0 radical (unpaired) electrons. The van der Waals surface area contributed by atoms with Crippen LogP contribution in [0.15, 0.2) is 75.6 Å². The zero-order valence-electron chi connectivity index (χ0n) is 20.6. The second kappa shape index (κ2) is 10.8. The normalized spacial score (nSPS) is 15.7. The number of thiazole rings is 1. The SMILES string of the molecule is CCO[C@H]1Oc2ccc(C)cc2C(=O)/C1=C/Nc1ccc2nc(Sc3ccc([N+](=O)[O-])cc3[N+](=O)[O-])sc2c1. The zero-order valence-corrected chi connectivity index (χ0v) is 22.2. The highest BCUT2D eigenvalue weighted by molar-refractivity contribution is 8.01. The summed E-state index contributed by atoms with van der Waals surface area (Å²) in [5.41, 5.74) is 2.40. The van der Waals surface area contributed by atoms with E-state index in [4.69, 9.17) is 9.47 Å². The summed E-state index contributed by atoms with van der Waals surface area (Å²) in [7, 11) is 0. The van der Waals surface area contributed by atoms with Crippen LogP contribution >= 0.6 is 23.1 Å². The summed E-state index contributed by atoms with van der Waals surface area (Å²) >= 11 is 2.38. The van der Waals surface area contributed by atoms with Gasteiger partial charge in [0, 0.05) is 24.6 Å². The van der Waals surface area contributed by atoms with E-state index in [0.717, 1.165) is 28.1 Å². The average molecular weight is 565 g/mol. The number of carbonyl (C=O) groups excluding carboxylic acids is 1. The van der Waals surface area contributed by atoms with Gasteiger partial charge in [-0.2, -0.15) is 0 Å². The van der Waals surface area contributed by atoms with E-state index in [1.165, 1.54) is 23.5 Å². The van der Waals surface area contributed by atoms with Gasteiger partial charge in [0.25, 0.3) is 11.4 Å². The van der Waals surface area contributed by atoms with Crippen LogP contribution < -0.4 is 10.1 Å². The number of aromatic nitrogens is 1. The third-order valence-corrected chi connectivity index (χ3v) is 7.90. The minimum Gasteiger partial charge on any atom is -0.460 e. The molecule has 0 amide bonds. The number of nitro groups is 2. The second-order valence-corrected chi connectivity index (χ2v) is 10.7. The van der Waals surface area contributed by atoms with Crippen molar-refractivity contribution in [2.24, 2.45) is 0 Å². The highest BCUT2D eigenvalue weighted by Gasteiger charge is 2.32. The Bertz CT molecular complexity index is 1670. The Labute approximate surface area is 229 Å². The fraction of sp³-hybridized carbons (Fsp3) is 0.154. The van der Waals surface area contributed by atoms with Gasteiger partial charge in [0.1, 0.15) is 5.75 Å². The van der Waals surface area contributed by atoms with E-state index in [1.807, 2.05) is 26.0 Å². The highest BCUT2D eigenvalue weighted by atomic mass is 32.2. The fourth-order valence-electron chi connectivity index (χ4n) is 3.91. The number of fused-ring (bicyclic) bond motifs is 2. The van der Waals surface area contributed by atoms with Gasteiger partial charge in [0.2, 0.25) is 6.29 Å². The van der Waals surface area contributed by atoms with Gasteiger partial charge in [-0.1, -0.05) is 23.4 Å². The lowest BCUT2D eigenvalue weighted by atomic mass is 9.98. The lowest BCUT2D eigenvalue weighted by Gasteiger charge is -2.27. The number of aryl methyl sites for hydroxylation is 1. The molecule has 198 valence electrons. The van der Waals surface area contributed by atoms with Crippen molar-refractivity contribution in [1.82, 2.24) is 4.98 Å². The van der Waals surface area contributed by atoms with Gasteiger partial charge in [-0.25, -0.2) is 4.98 Å². The summed E-state index contributed by atoms with van der Waals surface area (Å²) in [6, 6.07) is 14.4. The van der Waals surface area contributed by atoms with Crippen molar-refractivity contribution < 1.29 is 24.1 Å². The van der Waals surface area contributed by atoms with E-state index in [9.17, 15) is 25.0 Å². The number of rotatable bonds is 8. The number of hydrogen-bond acceptors (Lipinski definition) is 11. The molecule has 1 N–H and O–H groups in total. The maximum Gasteiger partial charge on any atom is 0.290 e. The van der Waals surface area contributed by atoms with Gasteiger partial charge < -0.3 is 14.8 Å². The first-order chi connectivity index (χ1) is 18.7. The molecular weight excluding hydrogens is 544 g/mol. The summed E-state index contributed by atoms with van der Waals surface area (Å²) < 4.78 is 12.9. The molecule has 4 aromatic rings. The number of Topliss-reactive ketones (excluding diaryl/α,β-unsaturated/α-hetero) is 1. The van der Waals surface area contributed by atoms with Crippen LogP contribution in [0, 0.1) is 27.2 Å². The van der Waals surface area contributed by atoms with Gasteiger partial charge >= 0.3 is 0 Å². The molecule has 5 rings (SSSR count). The smallest absolute Gasteiger partial charge is 0.290 e. The maximum atomic E-state index is 13.2. The quantitative estimate of drug-likeness (QED) is 0.143. The molecule has 2 heterocycles. The summed E-state index contributed by atoms with van der Waals surface area (Å²) in [6.07, 6.45) is 0.726. The number of nitro benzene ring substituents is 2. The molecule has 1 atom stereocenters. The lowest BCUT2D eigenvalue weighted by Crippen LogP contribution is -2.33. The topological polar surface area (TPSA) is 147 Å². The number of benzene rings is 3. The van der Waals surface area contributed by atoms with Crippen LogP contribution in [0.3, 0.4) is 0 Å². The molecule has 3 aromatic carbocycles. The molecular formula is C26H20N4O7S2. The van der Waals surface area contributed by atoms with E-state index in [1.54, 1.807) is 30.5 Å². The predicted octanol–water partition coefficient (Wildman–Crippen LogP) is 6.51. The van der Waals surface area contributed by atoms with Crippen molar-refractivity contribution in [3.63, 3.8) is 0 Å². The Kier molecular flexibility index (Phi) is 7.28. The molecule has 0 unspecified atom stereocenters.